The molecule has 2 rings (SSSR count). The lowest BCUT2D eigenvalue weighted by atomic mass is 9.97. The highest BCUT2D eigenvalue weighted by Crippen LogP contribution is 2.26. The largest absolute Gasteiger partial charge is 0.298 e. The molecule has 20 heavy (non-hydrogen) atoms. The van der Waals surface area contributed by atoms with Gasteiger partial charge in [0.25, 0.3) is 0 Å². The van der Waals surface area contributed by atoms with Crippen molar-refractivity contribution in [3.63, 3.8) is 0 Å². The highest BCUT2D eigenvalue weighted by atomic mass is 15.1. The second-order valence-corrected chi connectivity index (χ2v) is 5.40. The van der Waals surface area contributed by atoms with E-state index in [4.69, 9.17) is 0 Å². The third-order valence-corrected chi connectivity index (χ3v) is 3.83. The molecule has 0 amide bonds. The van der Waals surface area contributed by atoms with Crippen LogP contribution in [-0.4, -0.2) is 18.0 Å². The molecule has 1 aliphatic heterocycles. The lowest BCUT2D eigenvalue weighted by molar-refractivity contribution is 0.323. The summed E-state index contributed by atoms with van der Waals surface area (Å²) in [5, 5.41) is 0. The normalized spacial score (nSPS) is 21.3. The predicted molar refractivity (Wildman–Crippen MR) is 87.5 cm³/mol. The van der Waals surface area contributed by atoms with Crippen molar-refractivity contribution in [3.8, 4) is 0 Å². The molecule has 0 saturated carbocycles. The van der Waals surface area contributed by atoms with Gasteiger partial charge in [-0.25, -0.2) is 0 Å². The van der Waals surface area contributed by atoms with Crippen LogP contribution < -0.4 is 0 Å². The van der Waals surface area contributed by atoms with Gasteiger partial charge in [0.05, 0.1) is 0 Å². The zero-order valence-corrected chi connectivity index (χ0v) is 12.6. The number of allylic oxidation sites excluding steroid dienone is 5. The van der Waals surface area contributed by atoms with Crippen LogP contribution in [0.5, 0.6) is 0 Å². The number of hydrogen-bond acceptors (Lipinski definition) is 1. The van der Waals surface area contributed by atoms with Gasteiger partial charge in [-0.2, -0.15) is 0 Å². The summed E-state index contributed by atoms with van der Waals surface area (Å²) in [6, 6.07) is 10.8. The van der Waals surface area contributed by atoms with Gasteiger partial charge < -0.3 is 0 Å². The average molecular weight is 267 g/mol. The summed E-state index contributed by atoms with van der Waals surface area (Å²) in [6.45, 7) is 7.61. The van der Waals surface area contributed by atoms with E-state index in [0.29, 0.717) is 5.92 Å². The molecule has 0 radical (unpaired) electrons. The molecule has 106 valence electrons. The summed E-state index contributed by atoms with van der Waals surface area (Å²) in [6.07, 6.45) is 12.2. The Bertz CT molecular complexity index is 482. The Morgan fingerprint density at radius 1 is 1.20 bits per heavy atom. The van der Waals surface area contributed by atoms with Crippen LogP contribution in [0.4, 0.5) is 0 Å². The lowest BCUT2D eigenvalue weighted by Gasteiger charge is -2.16. The number of hydrogen-bond donors (Lipinski definition) is 0. The van der Waals surface area contributed by atoms with Gasteiger partial charge in [-0.1, -0.05) is 60.7 Å². The van der Waals surface area contributed by atoms with Gasteiger partial charge in [0.1, 0.15) is 0 Å². The van der Waals surface area contributed by atoms with Crippen LogP contribution in [0.25, 0.3) is 0 Å². The maximum absolute atomic E-state index is 2.56. The fraction of sp³-hybridized carbons (Fsp3) is 0.368. The van der Waals surface area contributed by atoms with Crippen LogP contribution in [-0.2, 0) is 6.54 Å². The Labute approximate surface area is 123 Å². The van der Waals surface area contributed by atoms with Crippen LogP contribution in [0.3, 0.4) is 0 Å². The first-order valence-corrected chi connectivity index (χ1v) is 7.55. The second-order valence-electron chi connectivity index (χ2n) is 5.40. The summed E-state index contributed by atoms with van der Waals surface area (Å²) in [7, 11) is 0. The van der Waals surface area contributed by atoms with E-state index >= 15 is 0 Å². The van der Waals surface area contributed by atoms with Crippen molar-refractivity contribution in [2.24, 2.45) is 5.92 Å². The molecule has 1 aromatic carbocycles. The van der Waals surface area contributed by atoms with Crippen molar-refractivity contribution in [2.45, 2.75) is 26.8 Å². The first-order valence-electron chi connectivity index (χ1n) is 7.55. The Kier molecular flexibility index (Phi) is 5.82. The minimum Gasteiger partial charge on any atom is -0.298 e. The molecule has 0 unspecified atom stereocenters. The molecule has 1 heteroatoms. The SMILES string of the molecule is C\C=C/C=C(\C=C/C)[C@H]1CCN(Cc2ccccc2)C1. The molecule has 0 aliphatic carbocycles. The molecule has 1 heterocycles. The Hall–Kier alpha value is -1.60. The predicted octanol–water partition coefficient (Wildman–Crippen LogP) is 4.59. The smallest absolute Gasteiger partial charge is 0.0233 e. The van der Waals surface area contributed by atoms with E-state index in [0.717, 1.165) is 6.54 Å². The molecule has 1 atom stereocenters. The van der Waals surface area contributed by atoms with Crippen molar-refractivity contribution in [1.82, 2.24) is 4.90 Å². The van der Waals surface area contributed by atoms with Crippen molar-refractivity contribution < 1.29 is 0 Å². The van der Waals surface area contributed by atoms with E-state index in [9.17, 15) is 0 Å². The highest BCUT2D eigenvalue weighted by molar-refractivity contribution is 5.27. The van der Waals surface area contributed by atoms with Crippen molar-refractivity contribution in [2.75, 3.05) is 13.1 Å². The van der Waals surface area contributed by atoms with Crippen molar-refractivity contribution in [3.05, 3.63) is 71.8 Å². The second kappa shape index (κ2) is 7.86. The van der Waals surface area contributed by atoms with Crippen LogP contribution in [0.2, 0.25) is 0 Å². The third-order valence-electron chi connectivity index (χ3n) is 3.83. The van der Waals surface area contributed by atoms with E-state index in [1.54, 1.807) is 0 Å². The highest BCUT2D eigenvalue weighted by Gasteiger charge is 2.23. The van der Waals surface area contributed by atoms with E-state index in [1.165, 1.54) is 30.6 Å². The number of likely N-dealkylation sites (tertiary alicyclic amines) is 1. The van der Waals surface area contributed by atoms with Gasteiger partial charge in [0.15, 0.2) is 0 Å². The van der Waals surface area contributed by atoms with Crippen LogP contribution in [0.15, 0.2) is 66.3 Å². The number of rotatable bonds is 5. The maximum atomic E-state index is 2.56. The van der Waals surface area contributed by atoms with Gasteiger partial charge >= 0.3 is 0 Å². The monoisotopic (exact) mass is 267 g/mol. The maximum Gasteiger partial charge on any atom is 0.0233 e. The summed E-state index contributed by atoms with van der Waals surface area (Å²) in [5.74, 6) is 0.672. The Morgan fingerprint density at radius 2 is 2.00 bits per heavy atom. The molecule has 0 spiro atoms. The standard InChI is InChI=1S/C19H25N/c1-3-5-12-18(9-4-2)19-13-14-20(16-19)15-17-10-7-6-8-11-17/h3-12,19H,13-16H2,1-2H3/b5-3-,9-4-,18-12+/t19-/m0/s1. The number of nitrogens with zero attached hydrogens (tertiary/aromatic N) is 1. The Morgan fingerprint density at radius 3 is 2.70 bits per heavy atom. The van der Waals surface area contributed by atoms with Crippen molar-refractivity contribution >= 4 is 0 Å². The fourth-order valence-corrected chi connectivity index (χ4v) is 2.82. The molecule has 0 bridgehead atoms. The summed E-state index contributed by atoms with van der Waals surface area (Å²) < 4.78 is 0. The van der Waals surface area contributed by atoms with Gasteiger partial charge in [0, 0.05) is 13.1 Å². The first-order chi connectivity index (χ1) is 9.83. The molecule has 1 saturated heterocycles. The van der Waals surface area contributed by atoms with Gasteiger partial charge in [0.2, 0.25) is 0 Å². The van der Waals surface area contributed by atoms with E-state index in [2.05, 4.69) is 79.5 Å². The van der Waals surface area contributed by atoms with E-state index in [1.807, 2.05) is 0 Å². The summed E-state index contributed by atoms with van der Waals surface area (Å²) >= 11 is 0. The molecule has 0 aromatic heterocycles. The van der Waals surface area contributed by atoms with Crippen molar-refractivity contribution in [1.29, 1.82) is 0 Å². The third kappa shape index (κ3) is 4.21. The molecule has 1 fully saturated rings. The van der Waals surface area contributed by atoms with Crippen LogP contribution in [0, 0.1) is 5.92 Å². The zero-order valence-electron chi connectivity index (χ0n) is 12.6. The van der Waals surface area contributed by atoms with E-state index < -0.39 is 0 Å². The molecular weight excluding hydrogens is 242 g/mol. The Balaban J connectivity index is 1.97. The topological polar surface area (TPSA) is 3.24 Å². The minimum absolute atomic E-state index is 0.672. The zero-order chi connectivity index (χ0) is 14.2. The summed E-state index contributed by atoms with van der Waals surface area (Å²) in [4.78, 5) is 2.56. The average Bonchev–Trinajstić information content (AvgIpc) is 2.93. The molecule has 0 N–H and O–H groups in total. The van der Waals surface area contributed by atoms with Gasteiger partial charge in [-0.05, 0) is 43.9 Å². The molecule has 1 aliphatic rings. The molecule has 1 nitrogen and oxygen atoms in total. The van der Waals surface area contributed by atoms with Gasteiger partial charge in [-0.15, -0.1) is 0 Å². The number of benzene rings is 1. The van der Waals surface area contributed by atoms with Crippen LogP contribution in [0.1, 0.15) is 25.8 Å². The molecular formula is C19H25N. The van der Waals surface area contributed by atoms with E-state index in [-0.39, 0.29) is 0 Å². The first kappa shape index (κ1) is 14.8. The molecule has 1 aromatic rings. The summed E-state index contributed by atoms with van der Waals surface area (Å²) in [5.41, 5.74) is 2.87. The quantitative estimate of drug-likeness (QED) is 0.705. The van der Waals surface area contributed by atoms with Crippen LogP contribution >= 0.6 is 0 Å². The minimum atomic E-state index is 0.672. The fourth-order valence-electron chi connectivity index (χ4n) is 2.82. The lowest BCUT2D eigenvalue weighted by Crippen LogP contribution is -2.20. The van der Waals surface area contributed by atoms with Gasteiger partial charge in [-0.3, -0.25) is 4.90 Å².